The van der Waals surface area contributed by atoms with E-state index in [2.05, 4.69) is 16.0 Å². The fourth-order valence-corrected chi connectivity index (χ4v) is 2.64. The van der Waals surface area contributed by atoms with Gasteiger partial charge in [-0.2, -0.15) is 0 Å². The zero-order valence-corrected chi connectivity index (χ0v) is 15.0. The summed E-state index contributed by atoms with van der Waals surface area (Å²) in [4.78, 5) is 35.6. The van der Waals surface area contributed by atoms with E-state index >= 15 is 0 Å². The number of hydrogen-bond acceptors (Lipinski definition) is 5. The van der Waals surface area contributed by atoms with Gasteiger partial charge in [-0.25, -0.2) is 0 Å². The number of phenols is 2. The van der Waals surface area contributed by atoms with Crippen LogP contribution in [-0.4, -0.2) is 28.4 Å². The maximum absolute atomic E-state index is 12.4. The molecule has 0 radical (unpaired) electrons. The fraction of sp³-hybridized carbons (Fsp3) is 0. The zero-order valence-electron chi connectivity index (χ0n) is 15.0. The number of benzene rings is 3. The molecule has 8 nitrogen and oxygen atoms in total. The normalized spacial score (nSPS) is 10.1. The summed E-state index contributed by atoms with van der Waals surface area (Å²) in [6, 6.07) is 16.4. The molecule has 0 spiro atoms. The van der Waals surface area contributed by atoms with Crippen LogP contribution in [0.4, 0.5) is 17.1 Å². The maximum Gasteiger partial charge on any atom is 0.259 e. The minimum Gasteiger partial charge on any atom is -0.508 e. The Morgan fingerprint density at radius 1 is 0.759 bits per heavy atom. The summed E-state index contributed by atoms with van der Waals surface area (Å²) in [6.07, 6.45) is 0.463. The standard InChI is InChI=1S/C21H17N3O5/c25-12-22-14-9-15(23-20(28)13-4-3-5-17(26)8-13)11-16(10-14)24-21(29)18-6-1-2-7-19(18)27/h1-12,26-27H,(H,22,25)(H,23,28)(H,24,29). The molecule has 0 fully saturated rings. The molecule has 0 bridgehead atoms. The smallest absolute Gasteiger partial charge is 0.259 e. The second-order valence-corrected chi connectivity index (χ2v) is 6.04. The number of amides is 3. The summed E-state index contributed by atoms with van der Waals surface area (Å²) < 4.78 is 0. The lowest BCUT2D eigenvalue weighted by Crippen LogP contribution is -2.14. The van der Waals surface area contributed by atoms with Gasteiger partial charge in [0.1, 0.15) is 11.5 Å². The highest BCUT2D eigenvalue weighted by atomic mass is 16.3. The highest BCUT2D eigenvalue weighted by molar-refractivity contribution is 6.08. The van der Waals surface area contributed by atoms with Gasteiger partial charge in [0.25, 0.3) is 11.8 Å². The lowest BCUT2D eigenvalue weighted by Gasteiger charge is -2.12. The van der Waals surface area contributed by atoms with Crippen molar-refractivity contribution < 1.29 is 24.6 Å². The molecule has 0 aliphatic rings. The Morgan fingerprint density at radius 2 is 1.41 bits per heavy atom. The molecule has 0 aromatic heterocycles. The number of carbonyl (C=O) groups excluding carboxylic acids is 3. The molecule has 3 amide bonds. The van der Waals surface area contributed by atoms with Gasteiger partial charge in [-0.1, -0.05) is 18.2 Å². The first-order valence-corrected chi connectivity index (χ1v) is 8.51. The summed E-state index contributed by atoms with van der Waals surface area (Å²) in [5.74, 6) is -1.27. The SMILES string of the molecule is O=CNc1cc(NC(=O)c2cccc(O)c2)cc(NC(=O)c2ccccc2O)c1. The Bertz CT molecular complexity index is 1080. The van der Waals surface area contributed by atoms with E-state index in [9.17, 15) is 24.6 Å². The fourth-order valence-electron chi connectivity index (χ4n) is 2.64. The van der Waals surface area contributed by atoms with Gasteiger partial charge in [-0.3, -0.25) is 14.4 Å². The number of nitrogens with one attached hydrogen (secondary N) is 3. The maximum atomic E-state index is 12.4. The molecule has 3 aromatic rings. The van der Waals surface area contributed by atoms with Crippen LogP contribution in [0.5, 0.6) is 11.5 Å². The average molecular weight is 391 g/mol. The van der Waals surface area contributed by atoms with E-state index in [-0.39, 0.29) is 28.3 Å². The number of rotatable bonds is 6. The van der Waals surface area contributed by atoms with Crippen molar-refractivity contribution in [1.82, 2.24) is 0 Å². The first-order chi connectivity index (χ1) is 14.0. The minimum atomic E-state index is -0.559. The van der Waals surface area contributed by atoms with Crippen LogP contribution < -0.4 is 16.0 Å². The summed E-state index contributed by atoms with van der Waals surface area (Å²) in [7, 11) is 0. The largest absolute Gasteiger partial charge is 0.508 e. The summed E-state index contributed by atoms with van der Waals surface area (Å²) in [5, 5.41) is 27.1. The van der Waals surface area contributed by atoms with Crippen LogP contribution in [0.25, 0.3) is 0 Å². The van der Waals surface area contributed by atoms with Crippen molar-refractivity contribution in [3.8, 4) is 11.5 Å². The minimum absolute atomic E-state index is 0.0513. The van der Waals surface area contributed by atoms with Gasteiger partial charge in [0, 0.05) is 22.6 Å². The Kier molecular flexibility index (Phi) is 5.74. The Labute approximate surface area is 165 Å². The highest BCUT2D eigenvalue weighted by Gasteiger charge is 2.13. The molecule has 0 unspecified atom stereocenters. The van der Waals surface area contributed by atoms with Crippen LogP contribution in [0.2, 0.25) is 0 Å². The predicted octanol–water partition coefficient (Wildman–Crippen LogP) is 3.17. The predicted molar refractivity (Wildman–Crippen MR) is 108 cm³/mol. The van der Waals surface area contributed by atoms with Gasteiger partial charge in [-0.05, 0) is 48.5 Å². The topological polar surface area (TPSA) is 128 Å². The monoisotopic (exact) mass is 391 g/mol. The molecule has 3 aromatic carbocycles. The van der Waals surface area contributed by atoms with Crippen LogP contribution in [0, 0.1) is 0 Å². The van der Waals surface area contributed by atoms with E-state index in [1.165, 1.54) is 54.6 Å². The van der Waals surface area contributed by atoms with Gasteiger partial charge in [0.05, 0.1) is 5.56 Å². The number of para-hydroxylation sites is 1. The van der Waals surface area contributed by atoms with Crippen LogP contribution in [0.3, 0.4) is 0 Å². The van der Waals surface area contributed by atoms with Gasteiger partial charge in [0.2, 0.25) is 6.41 Å². The summed E-state index contributed by atoms with van der Waals surface area (Å²) in [5.41, 5.74) is 1.24. The van der Waals surface area contributed by atoms with Gasteiger partial charge < -0.3 is 26.2 Å². The highest BCUT2D eigenvalue weighted by Crippen LogP contribution is 2.25. The zero-order chi connectivity index (χ0) is 20.8. The number of anilines is 3. The third-order valence-electron chi connectivity index (χ3n) is 3.93. The molecule has 29 heavy (non-hydrogen) atoms. The Balaban J connectivity index is 1.85. The molecule has 0 saturated heterocycles. The third-order valence-corrected chi connectivity index (χ3v) is 3.93. The molecule has 0 aliphatic heterocycles. The van der Waals surface area contributed by atoms with E-state index in [0.29, 0.717) is 17.8 Å². The molecule has 5 N–H and O–H groups in total. The van der Waals surface area contributed by atoms with Crippen molar-refractivity contribution in [3.63, 3.8) is 0 Å². The van der Waals surface area contributed by atoms with E-state index in [1.54, 1.807) is 12.1 Å². The van der Waals surface area contributed by atoms with E-state index < -0.39 is 11.8 Å². The third kappa shape index (κ3) is 4.89. The first-order valence-electron chi connectivity index (χ1n) is 8.51. The van der Waals surface area contributed by atoms with E-state index in [4.69, 9.17) is 0 Å². The molecule has 0 heterocycles. The van der Waals surface area contributed by atoms with E-state index in [0.717, 1.165) is 0 Å². The molecule has 8 heteroatoms. The van der Waals surface area contributed by atoms with Crippen molar-refractivity contribution in [2.75, 3.05) is 16.0 Å². The van der Waals surface area contributed by atoms with Crippen molar-refractivity contribution in [3.05, 3.63) is 77.9 Å². The van der Waals surface area contributed by atoms with Crippen LogP contribution in [0.1, 0.15) is 20.7 Å². The molecule has 0 saturated carbocycles. The molecule has 0 aliphatic carbocycles. The van der Waals surface area contributed by atoms with E-state index in [1.807, 2.05) is 0 Å². The molecule has 146 valence electrons. The van der Waals surface area contributed by atoms with Gasteiger partial charge >= 0.3 is 0 Å². The summed E-state index contributed by atoms with van der Waals surface area (Å²) in [6.45, 7) is 0. The number of hydrogen-bond donors (Lipinski definition) is 5. The lowest BCUT2D eigenvalue weighted by atomic mass is 10.1. The van der Waals surface area contributed by atoms with Crippen LogP contribution >= 0.6 is 0 Å². The van der Waals surface area contributed by atoms with Crippen molar-refractivity contribution >= 4 is 35.3 Å². The second-order valence-electron chi connectivity index (χ2n) is 6.04. The number of carbonyl (C=O) groups is 3. The molecular weight excluding hydrogens is 374 g/mol. The molecule has 3 rings (SSSR count). The number of aromatic hydroxyl groups is 2. The van der Waals surface area contributed by atoms with Crippen molar-refractivity contribution in [2.24, 2.45) is 0 Å². The van der Waals surface area contributed by atoms with Crippen LogP contribution in [0.15, 0.2) is 66.7 Å². The molecular formula is C21H17N3O5. The first kappa shape index (κ1) is 19.4. The van der Waals surface area contributed by atoms with Gasteiger partial charge in [-0.15, -0.1) is 0 Å². The Hall–Kier alpha value is -4.33. The average Bonchev–Trinajstić information content (AvgIpc) is 2.68. The van der Waals surface area contributed by atoms with Crippen LogP contribution in [-0.2, 0) is 4.79 Å². The number of phenolic OH excluding ortho intramolecular Hbond substituents is 2. The second kappa shape index (κ2) is 8.57. The summed E-state index contributed by atoms with van der Waals surface area (Å²) >= 11 is 0. The van der Waals surface area contributed by atoms with Crippen molar-refractivity contribution in [2.45, 2.75) is 0 Å². The van der Waals surface area contributed by atoms with Crippen molar-refractivity contribution in [1.29, 1.82) is 0 Å². The quantitative estimate of drug-likeness (QED) is 0.412. The lowest BCUT2D eigenvalue weighted by molar-refractivity contribution is -0.105. The van der Waals surface area contributed by atoms with Gasteiger partial charge in [0.15, 0.2) is 0 Å². The Morgan fingerprint density at radius 3 is 2.07 bits per heavy atom. The molecule has 0 atom stereocenters.